The van der Waals surface area contributed by atoms with Crippen LogP contribution in [0.2, 0.25) is 0 Å². The number of aromatic nitrogens is 3. The molecule has 3 heterocycles. The molecule has 2 aromatic heterocycles. The first-order chi connectivity index (χ1) is 14.7. The van der Waals surface area contributed by atoms with E-state index < -0.39 is 0 Å². The van der Waals surface area contributed by atoms with Crippen LogP contribution in [-0.2, 0) is 11.3 Å². The molecule has 0 amide bonds. The van der Waals surface area contributed by atoms with Crippen LogP contribution in [0.1, 0.15) is 18.6 Å². The van der Waals surface area contributed by atoms with Gasteiger partial charge in [-0.1, -0.05) is 11.8 Å². The molecule has 1 aliphatic rings. The van der Waals surface area contributed by atoms with Crippen molar-refractivity contribution in [2.45, 2.75) is 24.5 Å². The lowest BCUT2D eigenvalue weighted by molar-refractivity contribution is 0.0369. The molecule has 0 saturated carbocycles. The van der Waals surface area contributed by atoms with Gasteiger partial charge in [-0.25, -0.2) is 0 Å². The summed E-state index contributed by atoms with van der Waals surface area (Å²) < 4.78 is 18.7. The first kappa shape index (κ1) is 21.3. The summed E-state index contributed by atoms with van der Waals surface area (Å²) in [5.74, 6) is 4.69. The van der Waals surface area contributed by atoms with Gasteiger partial charge in [-0.15, -0.1) is 10.2 Å². The second-order valence-electron chi connectivity index (χ2n) is 7.53. The Hall–Kier alpha value is -1.90. The number of hydrogen-bond acceptors (Lipinski definition) is 7. The summed E-state index contributed by atoms with van der Waals surface area (Å²) in [6.07, 6.45) is 6.08. The molecule has 0 unspecified atom stereocenters. The number of methoxy groups -OCH3 is 1. The highest BCUT2D eigenvalue weighted by Crippen LogP contribution is 2.39. The lowest BCUT2D eigenvalue weighted by Gasteiger charge is -2.36. The van der Waals surface area contributed by atoms with Crippen LogP contribution in [0.25, 0.3) is 11.4 Å². The van der Waals surface area contributed by atoms with Crippen molar-refractivity contribution in [3.63, 3.8) is 0 Å². The first-order valence-corrected chi connectivity index (χ1v) is 12.4. The average molecular weight is 446 g/mol. The van der Waals surface area contributed by atoms with Crippen molar-refractivity contribution in [3.8, 4) is 17.1 Å². The van der Waals surface area contributed by atoms with Crippen LogP contribution < -0.4 is 4.74 Å². The molecule has 0 radical (unpaired) electrons. The van der Waals surface area contributed by atoms with Crippen LogP contribution >= 0.6 is 23.5 Å². The van der Waals surface area contributed by atoms with Crippen molar-refractivity contribution in [1.82, 2.24) is 14.8 Å². The maximum atomic E-state index is 5.62. The Kier molecular flexibility index (Phi) is 7.07. The van der Waals surface area contributed by atoms with Crippen molar-refractivity contribution < 1.29 is 13.9 Å². The molecule has 0 N–H and O–H groups in total. The predicted octanol–water partition coefficient (Wildman–Crippen LogP) is 4.85. The normalized spacial score (nSPS) is 15.9. The Bertz CT molecular complexity index is 914. The van der Waals surface area contributed by atoms with Gasteiger partial charge in [0.1, 0.15) is 11.5 Å². The molecule has 0 atom stereocenters. The van der Waals surface area contributed by atoms with Crippen molar-refractivity contribution in [2.24, 2.45) is 5.41 Å². The minimum Gasteiger partial charge on any atom is -0.497 e. The van der Waals surface area contributed by atoms with Crippen LogP contribution in [0.5, 0.6) is 5.75 Å². The van der Waals surface area contributed by atoms with Crippen molar-refractivity contribution >= 4 is 23.5 Å². The highest BCUT2D eigenvalue weighted by molar-refractivity contribution is 7.99. The molecular formula is C22H27N3O3S2. The Morgan fingerprint density at radius 1 is 1.10 bits per heavy atom. The molecule has 0 spiro atoms. The smallest absolute Gasteiger partial charge is 0.191 e. The van der Waals surface area contributed by atoms with Gasteiger partial charge in [0.25, 0.3) is 0 Å². The second-order valence-corrected chi connectivity index (χ2v) is 9.34. The molecular weight excluding hydrogens is 418 g/mol. The molecule has 0 bridgehead atoms. The quantitative estimate of drug-likeness (QED) is 0.436. The summed E-state index contributed by atoms with van der Waals surface area (Å²) in [5, 5.41) is 10.0. The summed E-state index contributed by atoms with van der Waals surface area (Å²) in [6, 6.07) is 11.8. The van der Waals surface area contributed by atoms with Crippen molar-refractivity contribution in [2.75, 3.05) is 38.1 Å². The fraction of sp³-hybridized carbons (Fsp3) is 0.455. The monoisotopic (exact) mass is 445 g/mol. The third-order valence-electron chi connectivity index (χ3n) is 5.47. The number of nitrogens with zero attached hydrogens (tertiary/aromatic N) is 3. The summed E-state index contributed by atoms with van der Waals surface area (Å²) in [4.78, 5) is 0. The molecule has 8 heteroatoms. The zero-order valence-corrected chi connectivity index (χ0v) is 19.0. The summed E-state index contributed by atoms with van der Waals surface area (Å²) >= 11 is 3.71. The molecule has 1 aromatic carbocycles. The van der Waals surface area contributed by atoms with E-state index in [4.69, 9.17) is 13.9 Å². The number of furan rings is 1. The maximum Gasteiger partial charge on any atom is 0.191 e. The highest BCUT2D eigenvalue weighted by atomic mass is 32.2. The van der Waals surface area contributed by atoms with E-state index in [0.29, 0.717) is 6.54 Å². The molecule has 4 rings (SSSR count). The van der Waals surface area contributed by atoms with Gasteiger partial charge in [-0.05, 0) is 66.7 Å². The van der Waals surface area contributed by atoms with E-state index in [1.54, 1.807) is 25.1 Å². The Morgan fingerprint density at radius 2 is 1.90 bits per heavy atom. The van der Waals surface area contributed by atoms with Crippen LogP contribution in [0.4, 0.5) is 0 Å². The van der Waals surface area contributed by atoms with E-state index in [-0.39, 0.29) is 5.41 Å². The topological polar surface area (TPSA) is 62.3 Å². The van der Waals surface area contributed by atoms with Gasteiger partial charge in [-0.3, -0.25) is 4.57 Å². The van der Waals surface area contributed by atoms with Crippen LogP contribution in [0, 0.1) is 5.41 Å². The zero-order valence-electron chi connectivity index (χ0n) is 17.4. The van der Waals surface area contributed by atoms with Gasteiger partial charge in [-0.2, -0.15) is 11.8 Å². The fourth-order valence-corrected chi connectivity index (χ4v) is 6.07. The third kappa shape index (κ3) is 4.87. The van der Waals surface area contributed by atoms with Gasteiger partial charge in [0.05, 0.1) is 19.9 Å². The molecule has 0 aliphatic carbocycles. The largest absolute Gasteiger partial charge is 0.497 e. The van der Waals surface area contributed by atoms with Crippen LogP contribution in [0.3, 0.4) is 0 Å². The van der Waals surface area contributed by atoms with Gasteiger partial charge >= 0.3 is 0 Å². The van der Waals surface area contributed by atoms with Crippen LogP contribution in [0.15, 0.2) is 52.2 Å². The van der Waals surface area contributed by atoms with Gasteiger partial charge in [0.2, 0.25) is 0 Å². The Balaban J connectivity index is 1.60. The average Bonchev–Trinajstić information content (AvgIpc) is 3.44. The molecule has 160 valence electrons. The van der Waals surface area contributed by atoms with E-state index in [9.17, 15) is 0 Å². The molecule has 6 nitrogen and oxygen atoms in total. The fourth-order valence-electron chi connectivity index (χ4n) is 3.71. The third-order valence-corrected chi connectivity index (χ3v) is 7.69. The highest BCUT2D eigenvalue weighted by Gasteiger charge is 2.33. The Morgan fingerprint density at radius 3 is 2.57 bits per heavy atom. The zero-order chi connectivity index (χ0) is 20.8. The number of thioether (sulfide) groups is 2. The molecule has 1 saturated heterocycles. The van der Waals surface area contributed by atoms with E-state index in [2.05, 4.69) is 21.0 Å². The van der Waals surface area contributed by atoms with Gasteiger partial charge in [0, 0.05) is 24.5 Å². The number of benzene rings is 1. The number of rotatable bonds is 9. The van der Waals surface area contributed by atoms with Crippen molar-refractivity contribution in [3.05, 3.63) is 48.4 Å². The second kappa shape index (κ2) is 9.94. The SMILES string of the molecule is COc1ccc(-c2nnc(SCC3(CSC)CCOCC3)n2Cc2ccco2)cc1. The van der Waals surface area contributed by atoms with E-state index in [1.165, 1.54) is 0 Å². The number of hydrogen-bond donors (Lipinski definition) is 0. The van der Waals surface area contributed by atoms with E-state index >= 15 is 0 Å². The first-order valence-electron chi connectivity index (χ1n) is 10.0. The maximum absolute atomic E-state index is 5.62. The van der Waals surface area contributed by atoms with Crippen LogP contribution in [-0.4, -0.2) is 52.8 Å². The lowest BCUT2D eigenvalue weighted by Crippen LogP contribution is -2.34. The summed E-state index contributed by atoms with van der Waals surface area (Å²) in [6.45, 7) is 2.29. The summed E-state index contributed by atoms with van der Waals surface area (Å²) in [5.41, 5.74) is 1.29. The van der Waals surface area contributed by atoms with E-state index in [0.717, 1.165) is 65.6 Å². The standard InChI is InChI=1S/C22H27N3O3S2/c1-26-18-7-5-17(6-8-18)20-23-24-21(25(20)14-19-4-3-11-28-19)30-16-22(15-29-2)9-12-27-13-10-22/h3-8,11H,9-10,12-16H2,1-2H3. The summed E-state index contributed by atoms with van der Waals surface area (Å²) in [7, 11) is 1.67. The molecule has 3 aromatic rings. The minimum absolute atomic E-state index is 0.282. The van der Waals surface area contributed by atoms with Gasteiger partial charge in [0.15, 0.2) is 11.0 Å². The number of ether oxygens (including phenoxy) is 2. The Labute approximate surface area is 185 Å². The van der Waals surface area contributed by atoms with E-state index in [1.807, 2.05) is 48.2 Å². The molecule has 1 fully saturated rings. The molecule has 1 aliphatic heterocycles. The minimum atomic E-state index is 0.282. The molecule has 30 heavy (non-hydrogen) atoms. The van der Waals surface area contributed by atoms with Gasteiger partial charge < -0.3 is 13.9 Å². The van der Waals surface area contributed by atoms with Crippen molar-refractivity contribution in [1.29, 1.82) is 0 Å². The lowest BCUT2D eigenvalue weighted by atomic mass is 9.84. The predicted molar refractivity (Wildman–Crippen MR) is 121 cm³/mol.